The molecule has 3 nitrogen and oxygen atoms in total. The molecular weight excluding hydrogens is 258 g/mol. The van der Waals surface area contributed by atoms with E-state index in [0.29, 0.717) is 0 Å². The average molecular weight is 277 g/mol. The summed E-state index contributed by atoms with van der Waals surface area (Å²) in [5.41, 5.74) is 2.39. The summed E-state index contributed by atoms with van der Waals surface area (Å²) in [5, 5.41) is 5.87. The van der Waals surface area contributed by atoms with Crippen molar-refractivity contribution in [2.24, 2.45) is 0 Å². The van der Waals surface area contributed by atoms with E-state index in [0.717, 1.165) is 18.5 Å². The van der Waals surface area contributed by atoms with Gasteiger partial charge in [0.15, 0.2) is 0 Å². The zero-order chi connectivity index (χ0) is 14.5. The molecule has 0 fully saturated rings. The van der Waals surface area contributed by atoms with Crippen molar-refractivity contribution in [1.29, 1.82) is 0 Å². The molecule has 0 aliphatic heterocycles. The SMILES string of the molecule is CNC(CCc1ccccn1)c1cncc2ccccc12. The Balaban J connectivity index is 1.85. The Bertz CT molecular complexity index is 704. The first kappa shape index (κ1) is 13.7. The van der Waals surface area contributed by atoms with E-state index in [-0.39, 0.29) is 6.04 Å². The Hall–Kier alpha value is -2.26. The van der Waals surface area contributed by atoms with Crippen molar-refractivity contribution < 1.29 is 0 Å². The van der Waals surface area contributed by atoms with Crippen LogP contribution in [0.25, 0.3) is 10.8 Å². The van der Waals surface area contributed by atoms with Crippen LogP contribution in [0.5, 0.6) is 0 Å². The van der Waals surface area contributed by atoms with E-state index in [1.807, 2.05) is 37.8 Å². The summed E-state index contributed by atoms with van der Waals surface area (Å²) in [6.45, 7) is 0. The quantitative estimate of drug-likeness (QED) is 0.775. The normalized spacial score (nSPS) is 12.4. The van der Waals surface area contributed by atoms with Gasteiger partial charge >= 0.3 is 0 Å². The van der Waals surface area contributed by atoms with Crippen molar-refractivity contribution in [2.45, 2.75) is 18.9 Å². The molecule has 3 rings (SSSR count). The molecule has 0 aliphatic carbocycles. The molecule has 3 aromatic rings. The number of aromatic nitrogens is 2. The van der Waals surface area contributed by atoms with E-state index >= 15 is 0 Å². The Morgan fingerprint density at radius 3 is 2.71 bits per heavy atom. The largest absolute Gasteiger partial charge is 0.313 e. The summed E-state index contributed by atoms with van der Waals surface area (Å²) in [4.78, 5) is 8.78. The Labute approximate surface area is 125 Å². The van der Waals surface area contributed by atoms with Crippen molar-refractivity contribution in [2.75, 3.05) is 7.05 Å². The van der Waals surface area contributed by atoms with Gasteiger partial charge in [-0.3, -0.25) is 9.97 Å². The maximum absolute atomic E-state index is 4.40. The molecular formula is C18H19N3. The first-order chi connectivity index (χ1) is 10.4. The van der Waals surface area contributed by atoms with E-state index < -0.39 is 0 Å². The van der Waals surface area contributed by atoms with Crippen LogP contribution in [0.4, 0.5) is 0 Å². The van der Waals surface area contributed by atoms with Gasteiger partial charge in [0.1, 0.15) is 0 Å². The second-order valence-electron chi connectivity index (χ2n) is 5.15. The lowest BCUT2D eigenvalue weighted by atomic mass is 9.97. The zero-order valence-electron chi connectivity index (χ0n) is 12.2. The third-order valence-electron chi connectivity index (χ3n) is 3.84. The molecule has 0 radical (unpaired) electrons. The van der Waals surface area contributed by atoms with Gasteiger partial charge in [-0.1, -0.05) is 30.3 Å². The molecule has 0 amide bonds. The first-order valence-corrected chi connectivity index (χ1v) is 7.28. The summed E-state index contributed by atoms with van der Waals surface area (Å²) in [5.74, 6) is 0. The summed E-state index contributed by atoms with van der Waals surface area (Å²) in [6, 6.07) is 14.8. The fraction of sp³-hybridized carbons (Fsp3) is 0.222. The number of benzene rings is 1. The standard InChI is InChI=1S/C18H19N3/c1-19-18(10-9-15-7-4-5-11-21-15)17-13-20-12-14-6-2-3-8-16(14)17/h2-8,11-13,18-19H,9-10H2,1H3. The molecule has 21 heavy (non-hydrogen) atoms. The zero-order valence-corrected chi connectivity index (χ0v) is 12.2. The van der Waals surface area contributed by atoms with Crippen molar-refractivity contribution in [1.82, 2.24) is 15.3 Å². The smallest absolute Gasteiger partial charge is 0.0404 e. The van der Waals surface area contributed by atoms with Gasteiger partial charge in [0.05, 0.1) is 0 Å². The minimum Gasteiger partial charge on any atom is -0.313 e. The van der Waals surface area contributed by atoms with Crippen LogP contribution in [0, 0.1) is 0 Å². The van der Waals surface area contributed by atoms with Crippen LogP contribution in [0.2, 0.25) is 0 Å². The third-order valence-corrected chi connectivity index (χ3v) is 3.84. The highest BCUT2D eigenvalue weighted by Crippen LogP contribution is 2.25. The van der Waals surface area contributed by atoms with Crippen LogP contribution in [0.3, 0.4) is 0 Å². The minimum atomic E-state index is 0.283. The predicted octanol–water partition coefficient (Wildman–Crippen LogP) is 3.52. The van der Waals surface area contributed by atoms with E-state index in [9.17, 15) is 0 Å². The van der Waals surface area contributed by atoms with Crippen LogP contribution in [-0.2, 0) is 6.42 Å². The molecule has 0 spiro atoms. The van der Waals surface area contributed by atoms with Crippen LogP contribution >= 0.6 is 0 Å². The molecule has 106 valence electrons. The van der Waals surface area contributed by atoms with Crippen molar-refractivity contribution >= 4 is 10.8 Å². The van der Waals surface area contributed by atoms with E-state index in [1.54, 1.807) is 0 Å². The Kier molecular flexibility index (Phi) is 4.22. The Morgan fingerprint density at radius 1 is 1.05 bits per heavy atom. The number of fused-ring (bicyclic) bond motifs is 1. The highest BCUT2D eigenvalue weighted by atomic mass is 14.9. The fourth-order valence-corrected chi connectivity index (χ4v) is 2.71. The Morgan fingerprint density at radius 2 is 1.90 bits per heavy atom. The molecule has 1 aromatic carbocycles. The second-order valence-corrected chi connectivity index (χ2v) is 5.15. The highest BCUT2D eigenvalue weighted by Gasteiger charge is 2.13. The lowest BCUT2D eigenvalue weighted by Crippen LogP contribution is -2.18. The van der Waals surface area contributed by atoms with Crippen molar-refractivity contribution in [3.63, 3.8) is 0 Å². The highest BCUT2D eigenvalue weighted by molar-refractivity contribution is 5.85. The van der Waals surface area contributed by atoms with Gasteiger partial charge in [-0.2, -0.15) is 0 Å². The summed E-state index contributed by atoms with van der Waals surface area (Å²) in [7, 11) is 2.00. The van der Waals surface area contributed by atoms with Crippen LogP contribution in [0.15, 0.2) is 61.1 Å². The van der Waals surface area contributed by atoms with Gasteiger partial charge in [0.2, 0.25) is 0 Å². The average Bonchev–Trinajstić information content (AvgIpc) is 2.56. The second kappa shape index (κ2) is 6.46. The number of rotatable bonds is 5. The summed E-state index contributed by atoms with van der Waals surface area (Å²) >= 11 is 0. The van der Waals surface area contributed by atoms with E-state index in [1.165, 1.54) is 16.3 Å². The van der Waals surface area contributed by atoms with Crippen LogP contribution in [0.1, 0.15) is 23.7 Å². The number of pyridine rings is 2. The van der Waals surface area contributed by atoms with E-state index in [2.05, 4.69) is 45.6 Å². The van der Waals surface area contributed by atoms with Gasteiger partial charge in [0, 0.05) is 35.7 Å². The number of hydrogen-bond acceptors (Lipinski definition) is 3. The van der Waals surface area contributed by atoms with Gasteiger partial charge in [-0.15, -0.1) is 0 Å². The lowest BCUT2D eigenvalue weighted by molar-refractivity contribution is 0.548. The lowest BCUT2D eigenvalue weighted by Gasteiger charge is -2.18. The predicted molar refractivity (Wildman–Crippen MR) is 86.1 cm³/mol. The first-order valence-electron chi connectivity index (χ1n) is 7.28. The van der Waals surface area contributed by atoms with E-state index in [4.69, 9.17) is 0 Å². The molecule has 1 unspecified atom stereocenters. The molecule has 0 aliphatic rings. The molecule has 2 heterocycles. The molecule has 0 bridgehead atoms. The molecule has 0 saturated heterocycles. The van der Waals surface area contributed by atoms with Crippen molar-refractivity contribution in [3.05, 3.63) is 72.3 Å². The minimum absolute atomic E-state index is 0.283. The summed E-state index contributed by atoms with van der Waals surface area (Å²) in [6.07, 6.45) is 7.70. The topological polar surface area (TPSA) is 37.8 Å². The molecule has 3 heteroatoms. The van der Waals surface area contributed by atoms with Gasteiger partial charge in [-0.25, -0.2) is 0 Å². The van der Waals surface area contributed by atoms with Crippen LogP contribution in [-0.4, -0.2) is 17.0 Å². The number of nitrogens with zero attached hydrogens (tertiary/aromatic N) is 2. The summed E-state index contributed by atoms with van der Waals surface area (Å²) < 4.78 is 0. The van der Waals surface area contributed by atoms with Gasteiger partial charge in [-0.05, 0) is 43.0 Å². The fourth-order valence-electron chi connectivity index (χ4n) is 2.71. The maximum Gasteiger partial charge on any atom is 0.0404 e. The van der Waals surface area contributed by atoms with Gasteiger partial charge < -0.3 is 5.32 Å². The van der Waals surface area contributed by atoms with Crippen LogP contribution < -0.4 is 5.32 Å². The maximum atomic E-state index is 4.40. The monoisotopic (exact) mass is 277 g/mol. The van der Waals surface area contributed by atoms with Crippen molar-refractivity contribution in [3.8, 4) is 0 Å². The van der Waals surface area contributed by atoms with Gasteiger partial charge in [0.25, 0.3) is 0 Å². The molecule has 0 saturated carbocycles. The molecule has 1 N–H and O–H groups in total. The molecule has 2 aromatic heterocycles. The number of nitrogens with one attached hydrogen (secondary N) is 1. The third kappa shape index (κ3) is 3.09. The number of aryl methyl sites for hydroxylation is 1. The molecule has 1 atom stereocenters. The number of hydrogen-bond donors (Lipinski definition) is 1.